The zero-order valence-electron chi connectivity index (χ0n) is 18.8. The fourth-order valence-electron chi connectivity index (χ4n) is 2.43. The third kappa shape index (κ3) is 7.12. The summed E-state index contributed by atoms with van der Waals surface area (Å²) in [6.07, 6.45) is 0. The van der Waals surface area contributed by atoms with Crippen LogP contribution >= 0.6 is 0 Å². The van der Waals surface area contributed by atoms with Crippen molar-refractivity contribution in [2.75, 3.05) is 0 Å². The van der Waals surface area contributed by atoms with Gasteiger partial charge in [0.25, 0.3) is 22.2 Å². The monoisotopic (exact) mass is 579 g/mol. The lowest BCUT2D eigenvalue weighted by atomic mass is 10.5. The molecule has 4 heterocycles. The maximum absolute atomic E-state index is 11.3. The topological polar surface area (TPSA) is 396 Å². The molecule has 41 heavy (non-hydrogen) atoms. The number of azo groups is 2. The molecule has 0 radical (unpaired) electrons. The molecule has 0 atom stereocenters. The van der Waals surface area contributed by atoms with Crippen LogP contribution in [0, 0.1) is 0 Å². The van der Waals surface area contributed by atoms with E-state index in [4.69, 9.17) is 0 Å². The highest BCUT2D eigenvalue weighted by Crippen LogP contribution is 2.22. The van der Waals surface area contributed by atoms with E-state index in [1.54, 1.807) is 24.9 Å². The number of aromatic nitrogens is 8. The first-order chi connectivity index (χ1) is 18.8. The Morgan fingerprint density at radius 1 is 0.415 bits per heavy atom. The number of nitrogens with zero attached hydrogens (tertiary/aromatic N) is 4. The van der Waals surface area contributed by atoms with Crippen LogP contribution < -0.4 is 50.1 Å². The number of aromatic amines is 8. The minimum atomic E-state index is -1.12. The Balaban J connectivity index is 0.000000280. The molecule has 11 N–H and O–H groups in total. The molecule has 24 nitrogen and oxygen atoms in total. The molecular weight excluding hydrogens is 564 g/mol. The first-order valence-electron chi connectivity index (χ1n) is 9.80. The fraction of sp³-hybridized carbons (Fsp3) is 0.0588. The molecule has 0 bridgehead atoms. The molecule has 0 saturated heterocycles. The van der Waals surface area contributed by atoms with Crippen molar-refractivity contribution in [1.82, 2.24) is 39.9 Å². The lowest BCUT2D eigenvalue weighted by Crippen LogP contribution is -2.23. The molecule has 4 aromatic heterocycles. The molecule has 24 heteroatoms. The van der Waals surface area contributed by atoms with Crippen LogP contribution in [0.1, 0.15) is 7.43 Å². The zero-order valence-corrected chi connectivity index (χ0v) is 18.8. The van der Waals surface area contributed by atoms with Gasteiger partial charge in [-0.15, -0.1) is 20.5 Å². The van der Waals surface area contributed by atoms with E-state index < -0.39 is 91.3 Å². The molecule has 0 aliphatic rings. The minimum absolute atomic E-state index is 0. The van der Waals surface area contributed by atoms with Crippen LogP contribution in [-0.2, 0) is 0 Å². The molecule has 0 saturated carbocycles. The lowest BCUT2D eigenvalue weighted by Gasteiger charge is -2.05. The second-order valence-corrected chi connectivity index (χ2v) is 6.80. The third-order valence-corrected chi connectivity index (χ3v) is 4.08. The Hall–Kier alpha value is -6.88. The van der Waals surface area contributed by atoms with E-state index in [1.165, 1.54) is 0 Å². The van der Waals surface area contributed by atoms with Crippen molar-refractivity contribution >= 4 is 22.7 Å². The van der Waals surface area contributed by atoms with Crippen molar-refractivity contribution in [1.29, 1.82) is 0 Å². The van der Waals surface area contributed by atoms with Gasteiger partial charge in [0.15, 0.2) is 5.69 Å². The Labute approximate surface area is 218 Å². The predicted octanol–water partition coefficient (Wildman–Crippen LogP) is -3.46. The molecule has 0 aromatic carbocycles. The van der Waals surface area contributed by atoms with Gasteiger partial charge in [-0.1, -0.05) is 7.43 Å². The highest BCUT2D eigenvalue weighted by molar-refractivity contribution is 5.47. The van der Waals surface area contributed by atoms with Crippen molar-refractivity contribution in [3.8, 4) is 23.5 Å². The van der Waals surface area contributed by atoms with Gasteiger partial charge in [0.2, 0.25) is 34.7 Å². The van der Waals surface area contributed by atoms with E-state index in [2.05, 4.69) is 20.5 Å². The summed E-state index contributed by atoms with van der Waals surface area (Å²) >= 11 is 0. The first-order valence-corrected chi connectivity index (χ1v) is 9.80. The third-order valence-electron chi connectivity index (χ3n) is 4.08. The fourth-order valence-corrected chi connectivity index (χ4v) is 2.43. The second kappa shape index (κ2) is 12.1. The van der Waals surface area contributed by atoms with Gasteiger partial charge < -0.3 is 25.4 Å². The van der Waals surface area contributed by atoms with E-state index in [-0.39, 0.29) is 7.43 Å². The van der Waals surface area contributed by atoms with Gasteiger partial charge in [0.05, 0.1) is 0 Å². The molecule has 0 aliphatic carbocycles. The zero-order chi connectivity index (χ0) is 29.7. The van der Waals surface area contributed by atoms with Crippen LogP contribution in [0.2, 0.25) is 0 Å². The maximum atomic E-state index is 11.3. The quantitative estimate of drug-likeness (QED) is 0.105. The van der Waals surface area contributed by atoms with E-state index in [1.807, 2.05) is 15.0 Å². The van der Waals surface area contributed by atoms with Crippen molar-refractivity contribution in [2.24, 2.45) is 20.5 Å². The average Bonchev–Trinajstić information content (AvgIpc) is 2.80. The van der Waals surface area contributed by atoms with Crippen LogP contribution in [0.4, 0.5) is 22.7 Å². The highest BCUT2D eigenvalue weighted by atomic mass is 16.3. The van der Waals surface area contributed by atoms with Gasteiger partial charge in [-0.3, -0.25) is 54.1 Å². The molecule has 0 aliphatic heterocycles. The summed E-state index contributed by atoms with van der Waals surface area (Å²) in [5.41, 5.74) is -11.1. The van der Waals surface area contributed by atoms with Crippen LogP contribution in [0.25, 0.3) is 0 Å². The van der Waals surface area contributed by atoms with E-state index in [9.17, 15) is 58.8 Å². The highest BCUT2D eigenvalue weighted by Gasteiger charge is 2.11. The Kier molecular flexibility index (Phi) is 8.96. The molecule has 4 aromatic rings. The normalized spacial score (nSPS) is 10.7. The van der Waals surface area contributed by atoms with Crippen LogP contribution in [0.15, 0.2) is 58.8 Å². The second-order valence-electron chi connectivity index (χ2n) is 6.80. The standard InChI is InChI=1S/2C8H6N6O6.CH4/c2*15-3-1(4(16)10-7(19)9-3)13-14-2-5(17)11-8(20)12-6(2)18;/h2*(H3,9,10,15,16,19)(H3,11,12,17,18,20);1H4/p-1. The summed E-state index contributed by atoms with van der Waals surface area (Å²) in [5.74, 6) is -3.76. The number of H-pyrrole nitrogens is 8. The van der Waals surface area contributed by atoms with Gasteiger partial charge in [-0.25, -0.2) is 19.2 Å². The van der Waals surface area contributed by atoms with Crippen LogP contribution in [0.5, 0.6) is 23.5 Å². The van der Waals surface area contributed by atoms with E-state index in [0.29, 0.717) is 0 Å². The molecule has 4 rings (SSSR count). The van der Waals surface area contributed by atoms with Crippen LogP contribution in [-0.4, -0.2) is 55.2 Å². The van der Waals surface area contributed by atoms with Crippen LogP contribution in [0.3, 0.4) is 0 Å². The number of hydrogen-bond acceptors (Lipinski definition) is 16. The summed E-state index contributed by atoms with van der Waals surface area (Å²) in [4.78, 5) is 103. The van der Waals surface area contributed by atoms with Crippen molar-refractivity contribution in [2.45, 2.75) is 7.43 Å². The Bertz CT molecular complexity index is 1830. The molecule has 0 fully saturated rings. The maximum Gasteiger partial charge on any atom is 0.328 e. The summed E-state index contributed by atoms with van der Waals surface area (Å²) in [6.45, 7) is 0. The van der Waals surface area contributed by atoms with Gasteiger partial charge in [0, 0.05) is 0 Å². The molecule has 0 unspecified atom stereocenters. The Morgan fingerprint density at radius 3 is 0.927 bits per heavy atom. The molecular formula is C17H15N12O12-. The van der Waals surface area contributed by atoms with E-state index >= 15 is 0 Å². The smallest absolute Gasteiger partial charge is 0.328 e. The molecule has 0 amide bonds. The summed E-state index contributed by atoms with van der Waals surface area (Å²) < 4.78 is 0. The molecule has 216 valence electrons. The minimum Gasteiger partial charge on any atom is -0.858 e. The Morgan fingerprint density at radius 2 is 0.659 bits per heavy atom. The summed E-state index contributed by atoms with van der Waals surface area (Å²) in [5, 5.41) is 52.0. The number of rotatable bonds is 4. The average molecular weight is 579 g/mol. The number of nitrogens with one attached hydrogen (secondary N) is 8. The summed E-state index contributed by atoms with van der Waals surface area (Å²) in [6, 6.07) is 0. The first kappa shape index (κ1) is 30.3. The predicted molar refractivity (Wildman–Crippen MR) is 130 cm³/mol. The van der Waals surface area contributed by atoms with Gasteiger partial charge in [0.1, 0.15) is 0 Å². The van der Waals surface area contributed by atoms with Crippen molar-refractivity contribution in [3.05, 3.63) is 83.4 Å². The van der Waals surface area contributed by atoms with Crippen molar-refractivity contribution in [3.63, 3.8) is 0 Å². The SMILES string of the molecule is C.O=c1[nH]c(O)c(N=Nc2c(O)[nH]c(=O)[nH]c2=O)c(=O)[nH]1.O=c1[nH]c([O-])c(N=Nc2c(O)[nH]c(=O)[nH]c2=O)c(=O)[nH]1. The van der Waals surface area contributed by atoms with Gasteiger partial charge in [-0.05, 0) is 5.88 Å². The lowest BCUT2D eigenvalue weighted by molar-refractivity contribution is -0.274. The van der Waals surface area contributed by atoms with Gasteiger partial charge in [-0.2, -0.15) is 0 Å². The molecule has 0 spiro atoms. The number of hydrogen-bond donors (Lipinski definition) is 11. The summed E-state index contributed by atoms with van der Waals surface area (Å²) in [7, 11) is 0. The number of aromatic hydroxyl groups is 3. The van der Waals surface area contributed by atoms with Gasteiger partial charge >= 0.3 is 22.8 Å². The van der Waals surface area contributed by atoms with E-state index in [0.717, 1.165) is 0 Å². The largest absolute Gasteiger partial charge is 0.858 e. The van der Waals surface area contributed by atoms with Crippen molar-refractivity contribution < 1.29 is 20.4 Å².